The molecule has 3 amide bonds. The van der Waals surface area contributed by atoms with E-state index in [0.29, 0.717) is 27.3 Å². The molecule has 0 radical (unpaired) electrons. The van der Waals surface area contributed by atoms with Crippen molar-refractivity contribution in [1.82, 2.24) is 25.7 Å². The third-order valence-electron chi connectivity index (χ3n) is 5.26. The molecule has 0 saturated carbocycles. The van der Waals surface area contributed by atoms with Crippen LogP contribution in [0.2, 0.25) is 0 Å². The third kappa shape index (κ3) is 7.54. The van der Waals surface area contributed by atoms with Crippen molar-refractivity contribution in [1.29, 1.82) is 0 Å². The Kier molecular flexibility index (Phi) is 9.15. The van der Waals surface area contributed by atoms with E-state index >= 15 is 0 Å². The molecule has 2 heterocycles. The lowest BCUT2D eigenvalue weighted by molar-refractivity contribution is -0.128. The number of para-hydroxylation sites is 2. The minimum Gasteiger partial charge on any atom is -0.333 e. The van der Waals surface area contributed by atoms with Gasteiger partial charge < -0.3 is 4.98 Å². The van der Waals surface area contributed by atoms with Gasteiger partial charge in [0.2, 0.25) is 11.8 Å². The number of carbonyl (C=O) groups excluding carboxylic acids is 3. The van der Waals surface area contributed by atoms with E-state index in [2.05, 4.69) is 20.8 Å². The van der Waals surface area contributed by atoms with E-state index in [0.717, 1.165) is 22.2 Å². The van der Waals surface area contributed by atoms with Gasteiger partial charge in [-0.05, 0) is 42.7 Å². The number of thioether (sulfide) groups is 2. The van der Waals surface area contributed by atoms with Gasteiger partial charge in [0, 0.05) is 13.0 Å². The molecule has 0 aliphatic carbocycles. The fourth-order valence-corrected chi connectivity index (χ4v) is 5.56. The molecule has 3 aromatic rings. The highest BCUT2D eigenvalue weighted by Gasteiger charge is 2.31. The Bertz CT molecular complexity index is 1350. The van der Waals surface area contributed by atoms with Crippen LogP contribution in [-0.2, 0) is 14.4 Å². The largest absolute Gasteiger partial charge is 0.333 e. The molecule has 1 saturated heterocycles. The van der Waals surface area contributed by atoms with Gasteiger partial charge in [-0.15, -0.1) is 0 Å². The molecule has 1 aliphatic heterocycles. The standard InChI is InChI=1S/C26H25N5O3S3/c1-17(14-18-8-3-2-4-9-18)15-21-24(34)31(26(35)37-21)13-7-12-22(32)29-30-23(33)16-36-25-27-19-10-5-6-11-20(19)28-25/h2-6,8-11,14-15H,7,12-13,16H2,1H3,(H,27,28)(H,29,32)(H,30,33). The lowest BCUT2D eigenvalue weighted by Crippen LogP contribution is -2.42. The van der Waals surface area contributed by atoms with Crippen LogP contribution in [-0.4, -0.2) is 49.2 Å². The Balaban J connectivity index is 1.17. The highest BCUT2D eigenvalue weighted by Crippen LogP contribution is 2.32. The maximum absolute atomic E-state index is 12.8. The summed E-state index contributed by atoms with van der Waals surface area (Å²) in [5.74, 6) is -0.752. The number of rotatable bonds is 9. The quantitative estimate of drug-likeness (QED) is 0.156. The molecule has 0 atom stereocenters. The van der Waals surface area contributed by atoms with Gasteiger partial charge >= 0.3 is 0 Å². The van der Waals surface area contributed by atoms with Crippen LogP contribution < -0.4 is 10.9 Å². The summed E-state index contributed by atoms with van der Waals surface area (Å²) in [6, 6.07) is 17.5. The molecule has 1 aromatic heterocycles. The van der Waals surface area contributed by atoms with Crippen molar-refractivity contribution < 1.29 is 14.4 Å². The Hall–Kier alpha value is -3.41. The number of allylic oxidation sites excluding steroid dienone is 2. The Labute approximate surface area is 228 Å². The van der Waals surface area contributed by atoms with E-state index in [1.165, 1.54) is 28.4 Å². The Morgan fingerprint density at radius 3 is 2.62 bits per heavy atom. The van der Waals surface area contributed by atoms with E-state index in [1.807, 2.05) is 73.7 Å². The molecular formula is C26H25N5O3S3. The van der Waals surface area contributed by atoms with Gasteiger partial charge in [0.25, 0.3) is 5.91 Å². The Morgan fingerprint density at radius 2 is 1.84 bits per heavy atom. The van der Waals surface area contributed by atoms with Crippen LogP contribution in [0.25, 0.3) is 17.1 Å². The zero-order valence-electron chi connectivity index (χ0n) is 20.0. The summed E-state index contributed by atoms with van der Waals surface area (Å²) in [7, 11) is 0. The van der Waals surface area contributed by atoms with Crippen LogP contribution in [0, 0.1) is 0 Å². The number of H-pyrrole nitrogens is 1. The Morgan fingerprint density at radius 1 is 1.11 bits per heavy atom. The SMILES string of the molecule is CC(=Cc1ccccc1)C=C1SC(=S)N(CCCC(=O)NNC(=O)CSc2nc3ccccc3[nH]2)C1=O. The number of carbonyl (C=O) groups is 3. The summed E-state index contributed by atoms with van der Waals surface area (Å²) in [4.78, 5) is 46.6. The zero-order valence-corrected chi connectivity index (χ0v) is 22.5. The summed E-state index contributed by atoms with van der Waals surface area (Å²) >= 11 is 7.88. The molecule has 37 heavy (non-hydrogen) atoms. The smallest absolute Gasteiger partial charge is 0.266 e. The van der Waals surface area contributed by atoms with Crippen LogP contribution in [0.4, 0.5) is 0 Å². The number of hydrogen-bond acceptors (Lipinski definition) is 7. The minimum atomic E-state index is -0.347. The number of hydrogen-bond donors (Lipinski definition) is 3. The first-order chi connectivity index (χ1) is 17.9. The number of aromatic nitrogens is 2. The second-order valence-corrected chi connectivity index (χ2v) is 10.8. The van der Waals surface area contributed by atoms with E-state index in [4.69, 9.17) is 12.2 Å². The zero-order chi connectivity index (χ0) is 26.2. The number of imidazole rings is 1. The van der Waals surface area contributed by atoms with E-state index in [-0.39, 0.29) is 29.9 Å². The monoisotopic (exact) mass is 551 g/mol. The average Bonchev–Trinajstić information content (AvgIpc) is 3.42. The summed E-state index contributed by atoms with van der Waals surface area (Å²) in [6.45, 7) is 2.26. The summed E-state index contributed by atoms with van der Waals surface area (Å²) in [5, 5.41) is 0.631. The minimum absolute atomic E-state index is 0.0983. The van der Waals surface area contributed by atoms with Crippen LogP contribution in [0.3, 0.4) is 0 Å². The van der Waals surface area contributed by atoms with E-state index in [1.54, 1.807) is 0 Å². The first-order valence-corrected chi connectivity index (χ1v) is 13.7. The topological polar surface area (TPSA) is 107 Å². The maximum Gasteiger partial charge on any atom is 0.266 e. The van der Waals surface area contributed by atoms with Crippen LogP contribution >= 0.6 is 35.7 Å². The molecule has 1 aliphatic rings. The lowest BCUT2D eigenvalue weighted by Gasteiger charge is -2.14. The van der Waals surface area contributed by atoms with E-state index in [9.17, 15) is 14.4 Å². The molecule has 8 nitrogen and oxygen atoms in total. The normalized spacial score (nSPS) is 15.0. The average molecular weight is 552 g/mol. The molecule has 1 fully saturated rings. The van der Waals surface area contributed by atoms with Gasteiger partial charge in [-0.2, -0.15) is 0 Å². The lowest BCUT2D eigenvalue weighted by atomic mass is 10.1. The fraction of sp³-hybridized carbons (Fsp3) is 0.192. The predicted octanol–water partition coefficient (Wildman–Crippen LogP) is 4.43. The molecule has 0 spiro atoms. The second kappa shape index (κ2) is 12.7. The summed E-state index contributed by atoms with van der Waals surface area (Å²) in [6.07, 6.45) is 4.38. The number of thiocarbonyl (C=S) groups is 1. The van der Waals surface area contributed by atoms with Gasteiger partial charge in [0.05, 0.1) is 21.7 Å². The number of benzene rings is 2. The van der Waals surface area contributed by atoms with Crippen LogP contribution in [0.5, 0.6) is 0 Å². The second-order valence-electron chi connectivity index (χ2n) is 8.18. The number of nitrogens with one attached hydrogen (secondary N) is 3. The predicted molar refractivity (Wildman–Crippen MR) is 152 cm³/mol. The van der Waals surface area contributed by atoms with Crippen LogP contribution in [0.1, 0.15) is 25.3 Å². The third-order valence-corrected chi connectivity index (χ3v) is 7.51. The molecule has 0 unspecified atom stereocenters. The molecule has 2 aromatic carbocycles. The highest BCUT2D eigenvalue weighted by molar-refractivity contribution is 8.26. The van der Waals surface area contributed by atoms with Gasteiger partial charge in [0.1, 0.15) is 4.32 Å². The van der Waals surface area contributed by atoms with Gasteiger partial charge in [-0.25, -0.2) is 4.98 Å². The van der Waals surface area contributed by atoms with E-state index < -0.39 is 0 Å². The number of amides is 3. The van der Waals surface area contributed by atoms with Crippen molar-refractivity contribution in [3.8, 4) is 0 Å². The summed E-state index contributed by atoms with van der Waals surface area (Å²) < 4.78 is 0.472. The molecule has 0 bridgehead atoms. The summed E-state index contributed by atoms with van der Waals surface area (Å²) in [5.41, 5.74) is 8.54. The number of nitrogens with zero attached hydrogens (tertiary/aromatic N) is 2. The van der Waals surface area contributed by atoms with Crippen molar-refractivity contribution in [2.24, 2.45) is 0 Å². The number of fused-ring (bicyclic) bond motifs is 1. The first-order valence-electron chi connectivity index (χ1n) is 11.5. The van der Waals surface area contributed by atoms with Crippen molar-refractivity contribution in [3.63, 3.8) is 0 Å². The van der Waals surface area contributed by atoms with Crippen molar-refractivity contribution in [2.75, 3.05) is 12.3 Å². The van der Waals surface area contributed by atoms with Gasteiger partial charge in [-0.3, -0.25) is 30.1 Å². The molecule has 190 valence electrons. The van der Waals surface area contributed by atoms with Crippen molar-refractivity contribution in [3.05, 3.63) is 76.7 Å². The maximum atomic E-state index is 12.8. The van der Waals surface area contributed by atoms with Gasteiger partial charge in [-0.1, -0.05) is 84.3 Å². The first kappa shape index (κ1) is 26.6. The number of aromatic amines is 1. The fourth-order valence-electron chi connectivity index (χ4n) is 3.52. The number of hydrazine groups is 1. The molecule has 11 heteroatoms. The molecular weight excluding hydrogens is 527 g/mol. The molecule has 3 N–H and O–H groups in total. The van der Waals surface area contributed by atoms with Crippen molar-refractivity contribution >= 4 is 74.9 Å². The highest BCUT2D eigenvalue weighted by atomic mass is 32.2. The van der Waals surface area contributed by atoms with Crippen molar-refractivity contribution in [2.45, 2.75) is 24.9 Å². The molecule has 4 rings (SSSR count). The van der Waals surface area contributed by atoms with Crippen LogP contribution in [0.15, 0.2) is 76.3 Å². The van der Waals surface area contributed by atoms with Gasteiger partial charge in [0.15, 0.2) is 5.16 Å².